The predicted octanol–water partition coefficient (Wildman–Crippen LogP) is 4.56. The van der Waals surface area contributed by atoms with Gasteiger partial charge in [-0.05, 0) is 55.4 Å². The number of halogens is 1. The molecule has 4 nitrogen and oxygen atoms in total. The molecular formula is C18H19ClN2O2S. The zero-order valence-corrected chi connectivity index (χ0v) is 15.1. The van der Waals surface area contributed by atoms with Crippen molar-refractivity contribution in [2.24, 2.45) is 0 Å². The van der Waals surface area contributed by atoms with Crippen molar-refractivity contribution in [3.63, 3.8) is 0 Å². The van der Waals surface area contributed by atoms with Gasteiger partial charge in [0.05, 0.1) is 12.2 Å². The molecule has 0 aliphatic carbocycles. The molecule has 0 aromatic heterocycles. The maximum absolute atomic E-state index is 12.4. The van der Waals surface area contributed by atoms with Gasteiger partial charge in [-0.3, -0.25) is 10.1 Å². The van der Waals surface area contributed by atoms with Crippen LogP contribution in [0, 0.1) is 6.92 Å². The Labute approximate surface area is 152 Å². The van der Waals surface area contributed by atoms with Crippen LogP contribution in [0.1, 0.15) is 29.3 Å². The molecule has 1 amide bonds. The minimum Gasteiger partial charge on any atom is -0.493 e. The second-order valence-corrected chi connectivity index (χ2v) is 6.06. The van der Waals surface area contributed by atoms with E-state index in [1.54, 1.807) is 30.3 Å². The van der Waals surface area contributed by atoms with E-state index in [4.69, 9.17) is 28.6 Å². The van der Waals surface area contributed by atoms with Crippen molar-refractivity contribution < 1.29 is 9.53 Å². The summed E-state index contributed by atoms with van der Waals surface area (Å²) >= 11 is 11.2. The summed E-state index contributed by atoms with van der Waals surface area (Å²) in [6.45, 7) is 4.49. The van der Waals surface area contributed by atoms with Gasteiger partial charge in [0.1, 0.15) is 5.75 Å². The van der Waals surface area contributed by atoms with Crippen molar-refractivity contribution in [1.29, 1.82) is 0 Å². The number of carbonyl (C=O) groups is 1. The molecule has 0 aliphatic rings. The van der Waals surface area contributed by atoms with Crippen LogP contribution in [-0.4, -0.2) is 17.6 Å². The summed E-state index contributed by atoms with van der Waals surface area (Å²) in [5.41, 5.74) is 2.17. The second-order valence-electron chi connectivity index (χ2n) is 5.21. The Bertz CT molecular complexity index is 750. The van der Waals surface area contributed by atoms with Crippen molar-refractivity contribution in [3.8, 4) is 5.75 Å². The second kappa shape index (κ2) is 8.66. The third-order valence-electron chi connectivity index (χ3n) is 3.27. The Morgan fingerprint density at radius 1 is 1.25 bits per heavy atom. The van der Waals surface area contributed by atoms with Crippen molar-refractivity contribution in [2.75, 3.05) is 11.9 Å². The van der Waals surface area contributed by atoms with E-state index in [9.17, 15) is 4.79 Å². The topological polar surface area (TPSA) is 50.4 Å². The molecule has 0 atom stereocenters. The van der Waals surface area contributed by atoms with Crippen LogP contribution in [0.3, 0.4) is 0 Å². The number of nitrogens with one attached hydrogen (secondary N) is 2. The molecule has 0 saturated carbocycles. The first-order chi connectivity index (χ1) is 11.5. The van der Waals surface area contributed by atoms with Crippen LogP contribution in [0.5, 0.6) is 5.75 Å². The number of thiocarbonyl (C=S) groups is 1. The van der Waals surface area contributed by atoms with Crippen LogP contribution in [-0.2, 0) is 0 Å². The molecule has 2 aromatic rings. The van der Waals surface area contributed by atoms with Crippen LogP contribution in [0.25, 0.3) is 0 Å². The summed E-state index contributed by atoms with van der Waals surface area (Å²) in [4.78, 5) is 12.4. The van der Waals surface area contributed by atoms with Gasteiger partial charge in [0.2, 0.25) is 0 Å². The number of amides is 1. The van der Waals surface area contributed by atoms with Gasteiger partial charge in [-0.1, -0.05) is 36.7 Å². The first kappa shape index (κ1) is 18.2. The van der Waals surface area contributed by atoms with Crippen LogP contribution in [0.15, 0.2) is 42.5 Å². The molecule has 0 unspecified atom stereocenters. The van der Waals surface area contributed by atoms with E-state index < -0.39 is 0 Å². The molecular weight excluding hydrogens is 344 g/mol. The average Bonchev–Trinajstić information content (AvgIpc) is 2.56. The lowest BCUT2D eigenvalue weighted by Gasteiger charge is -2.14. The normalized spacial score (nSPS) is 10.1. The van der Waals surface area contributed by atoms with E-state index in [0.717, 1.165) is 17.7 Å². The Hall–Kier alpha value is -2.11. The Morgan fingerprint density at radius 3 is 2.75 bits per heavy atom. The summed E-state index contributed by atoms with van der Waals surface area (Å²) in [7, 11) is 0. The van der Waals surface area contributed by atoms with E-state index >= 15 is 0 Å². The van der Waals surface area contributed by atoms with Gasteiger partial charge in [-0.15, -0.1) is 0 Å². The summed E-state index contributed by atoms with van der Waals surface area (Å²) < 4.78 is 5.60. The fraction of sp³-hybridized carbons (Fsp3) is 0.222. The average molecular weight is 363 g/mol. The molecule has 2 N–H and O–H groups in total. The molecule has 0 aliphatic heterocycles. The third kappa shape index (κ3) is 4.94. The minimum atomic E-state index is -0.320. The summed E-state index contributed by atoms with van der Waals surface area (Å²) in [5, 5.41) is 6.45. The Balaban J connectivity index is 2.06. The number of ether oxygens (including phenoxy) is 1. The number of para-hydroxylation sites is 1. The summed E-state index contributed by atoms with van der Waals surface area (Å²) in [5.74, 6) is 0.220. The molecule has 126 valence electrons. The molecule has 0 spiro atoms. The fourth-order valence-electron chi connectivity index (χ4n) is 2.05. The SMILES string of the molecule is CCCOc1ccccc1C(=O)NC(=S)Nc1cc(Cl)ccc1C. The number of hydrogen-bond acceptors (Lipinski definition) is 3. The lowest BCUT2D eigenvalue weighted by Crippen LogP contribution is -2.34. The van der Waals surface area contributed by atoms with E-state index in [1.807, 2.05) is 26.0 Å². The lowest BCUT2D eigenvalue weighted by molar-refractivity contribution is 0.0973. The fourth-order valence-corrected chi connectivity index (χ4v) is 2.42. The molecule has 0 fully saturated rings. The highest BCUT2D eigenvalue weighted by Gasteiger charge is 2.14. The number of rotatable bonds is 5. The first-order valence-electron chi connectivity index (χ1n) is 7.61. The van der Waals surface area contributed by atoms with Crippen molar-refractivity contribution in [2.45, 2.75) is 20.3 Å². The number of hydrogen-bond donors (Lipinski definition) is 2. The zero-order chi connectivity index (χ0) is 17.5. The van der Waals surface area contributed by atoms with Crippen LogP contribution in [0.4, 0.5) is 5.69 Å². The highest BCUT2D eigenvalue weighted by Crippen LogP contribution is 2.21. The molecule has 2 aromatic carbocycles. The number of anilines is 1. The minimum absolute atomic E-state index is 0.204. The van der Waals surface area contributed by atoms with E-state index in [1.165, 1.54) is 0 Å². The highest BCUT2D eigenvalue weighted by atomic mass is 35.5. The van der Waals surface area contributed by atoms with E-state index in [-0.39, 0.29) is 11.0 Å². The van der Waals surface area contributed by atoms with Crippen molar-refractivity contribution in [1.82, 2.24) is 5.32 Å². The molecule has 0 heterocycles. The van der Waals surface area contributed by atoms with Crippen LogP contribution >= 0.6 is 23.8 Å². The monoisotopic (exact) mass is 362 g/mol. The smallest absolute Gasteiger partial charge is 0.261 e. The van der Waals surface area contributed by atoms with Gasteiger partial charge in [-0.2, -0.15) is 0 Å². The summed E-state index contributed by atoms with van der Waals surface area (Å²) in [6.07, 6.45) is 0.865. The summed E-state index contributed by atoms with van der Waals surface area (Å²) in [6, 6.07) is 12.5. The van der Waals surface area contributed by atoms with Gasteiger partial charge in [0.25, 0.3) is 5.91 Å². The first-order valence-corrected chi connectivity index (χ1v) is 8.40. The van der Waals surface area contributed by atoms with E-state index in [0.29, 0.717) is 22.9 Å². The molecule has 0 bridgehead atoms. The van der Waals surface area contributed by atoms with Gasteiger partial charge in [0.15, 0.2) is 5.11 Å². The van der Waals surface area contributed by atoms with Crippen molar-refractivity contribution in [3.05, 3.63) is 58.6 Å². The third-order valence-corrected chi connectivity index (χ3v) is 3.71. The molecule has 0 saturated heterocycles. The highest BCUT2D eigenvalue weighted by molar-refractivity contribution is 7.80. The standard InChI is InChI=1S/C18H19ClN2O2S/c1-3-10-23-16-7-5-4-6-14(16)17(22)21-18(24)20-15-11-13(19)9-8-12(15)2/h4-9,11H,3,10H2,1-2H3,(H2,20,21,22,24). The maximum Gasteiger partial charge on any atom is 0.261 e. The van der Waals surface area contributed by atoms with Crippen LogP contribution in [0.2, 0.25) is 5.02 Å². The predicted molar refractivity (Wildman–Crippen MR) is 102 cm³/mol. The lowest BCUT2D eigenvalue weighted by atomic mass is 10.2. The van der Waals surface area contributed by atoms with Crippen molar-refractivity contribution >= 4 is 40.5 Å². The molecule has 0 radical (unpaired) electrons. The number of benzene rings is 2. The Kier molecular flexibility index (Phi) is 6.58. The molecule has 24 heavy (non-hydrogen) atoms. The quantitative estimate of drug-likeness (QED) is 0.765. The number of carbonyl (C=O) groups excluding carboxylic acids is 1. The number of aryl methyl sites for hydroxylation is 1. The molecule has 2 rings (SSSR count). The van der Waals surface area contributed by atoms with Gasteiger partial charge in [-0.25, -0.2) is 0 Å². The van der Waals surface area contributed by atoms with Gasteiger partial charge < -0.3 is 10.1 Å². The van der Waals surface area contributed by atoms with E-state index in [2.05, 4.69) is 10.6 Å². The maximum atomic E-state index is 12.4. The zero-order valence-electron chi connectivity index (χ0n) is 13.6. The van der Waals surface area contributed by atoms with Gasteiger partial charge in [0, 0.05) is 10.7 Å². The largest absolute Gasteiger partial charge is 0.493 e. The van der Waals surface area contributed by atoms with Gasteiger partial charge >= 0.3 is 0 Å². The van der Waals surface area contributed by atoms with Crippen LogP contribution < -0.4 is 15.4 Å². The molecule has 6 heteroatoms. The Morgan fingerprint density at radius 2 is 2.00 bits per heavy atom.